The van der Waals surface area contributed by atoms with Crippen LogP contribution < -0.4 is 5.32 Å². The van der Waals surface area contributed by atoms with E-state index >= 15 is 0 Å². The monoisotopic (exact) mass is 338 g/mol. The van der Waals surface area contributed by atoms with Gasteiger partial charge in [0.05, 0.1) is 6.54 Å². The van der Waals surface area contributed by atoms with Crippen LogP contribution in [0.1, 0.15) is 23.6 Å². The first kappa shape index (κ1) is 17.0. The number of rotatable bonds is 4. The van der Waals surface area contributed by atoms with Crippen molar-refractivity contribution in [2.45, 2.75) is 32.5 Å². The predicted molar refractivity (Wildman–Crippen MR) is 94.8 cm³/mol. The number of carbonyl (C=O) groups excluding carboxylic acids is 2. The van der Waals surface area contributed by atoms with Crippen LogP contribution in [0.2, 0.25) is 0 Å². The Kier molecular flexibility index (Phi) is 5.33. The van der Waals surface area contributed by atoms with Crippen LogP contribution in [-0.4, -0.2) is 29.5 Å². The van der Waals surface area contributed by atoms with Gasteiger partial charge in [0, 0.05) is 13.0 Å². The average molecular weight is 338 g/mol. The molecule has 0 spiro atoms. The van der Waals surface area contributed by atoms with E-state index in [1.807, 2.05) is 61.5 Å². The van der Waals surface area contributed by atoms with E-state index in [9.17, 15) is 9.59 Å². The molecular weight excluding hydrogens is 316 g/mol. The van der Waals surface area contributed by atoms with Crippen molar-refractivity contribution in [1.82, 2.24) is 10.2 Å². The fourth-order valence-corrected chi connectivity index (χ4v) is 3.04. The van der Waals surface area contributed by atoms with Gasteiger partial charge >= 0.3 is 6.09 Å². The Balaban J connectivity index is 1.75. The second kappa shape index (κ2) is 7.83. The third-order valence-corrected chi connectivity index (χ3v) is 4.34. The molecule has 5 heteroatoms. The standard InChI is InChI=1S/C20H22N2O3/c1-2-21-19(23)18-12-16-10-6-7-11-17(16)13-22(18)20(24)25-14-15-8-4-3-5-9-15/h3-11,18H,2,12-14H2,1H3,(H,21,23)/t18-/m1/s1. The van der Waals surface area contributed by atoms with Gasteiger partial charge in [-0.3, -0.25) is 9.69 Å². The predicted octanol–water partition coefficient (Wildman–Crippen LogP) is 2.89. The topological polar surface area (TPSA) is 58.6 Å². The van der Waals surface area contributed by atoms with E-state index in [4.69, 9.17) is 4.74 Å². The molecule has 1 N–H and O–H groups in total. The van der Waals surface area contributed by atoms with Crippen molar-refractivity contribution < 1.29 is 14.3 Å². The van der Waals surface area contributed by atoms with E-state index in [1.165, 1.54) is 4.90 Å². The second-order valence-corrected chi connectivity index (χ2v) is 6.05. The maximum atomic E-state index is 12.6. The fraction of sp³-hybridized carbons (Fsp3) is 0.300. The molecule has 0 saturated heterocycles. The van der Waals surface area contributed by atoms with E-state index in [0.29, 0.717) is 19.5 Å². The molecular formula is C20H22N2O3. The maximum Gasteiger partial charge on any atom is 0.411 e. The first-order chi connectivity index (χ1) is 12.2. The van der Waals surface area contributed by atoms with Gasteiger partial charge in [0.15, 0.2) is 0 Å². The summed E-state index contributed by atoms with van der Waals surface area (Å²) >= 11 is 0. The normalized spacial score (nSPS) is 16.0. The Labute approximate surface area is 147 Å². The first-order valence-electron chi connectivity index (χ1n) is 8.51. The van der Waals surface area contributed by atoms with Crippen LogP contribution in [0, 0.1) is 0 Å². The molecule has 0 bridgehead atoms. The Bertz CT molecular complexity index is 746. The quantitative estimate of drug-likeness (QED) is 0.932. The lowest BCUT2D eigenvalue weighted by Gasteiger charge is -2.35. The summed E-state index contributed by atoms with van der Waals surface area (Å²) in [5.74, 6) is -0.145. The molecule has 0 aliphatic carbocycles. The Morgan fingerprint density at radius 1 is 1.08 bits per heavy atom. The molecule has 0 saturated carbocycles. The summed E-state index contributed by atoms with van der Waals surface area (Å²) < 4.78 is 5.45. The summed E-state index contributed by atoms with van der Waals surface area (Å²) in [4.78, 5) is 26.6. The van der Waals surface area contributed by atoms with Crippen molar-refractivity contribution in [3.05, 3.63) is 71.3 Å². The van der Waals surface area contributed by atoms with Crippen LogP contribution in [0.25, 0.3) is 0 Å². The number of ether oxygens (including phenoxy) is 1. The van der Waals surface area contributed by atoms with Gasteiger partial charge in [-0.25, -0.2) is 4.79 Å². The summed E-state index contributed by atoms with van der Waals surface area (Å²) in [5.41, 5.74) is 3.08. The highest BCUT2D eigenvalue weighted by Gasteiger charge is 2.35. The fourth-order valence-electron chi connectivity index (χ4n) is 3.04. The van der Waals surface area contributed by atoms with Gasteiger partial charge in [-0.15, -0.1) is 0 Å². The van der Waals surface area contributed by atoms with E-state index in [0.717, 1.165) is 16.7 Å². The van der Waals surface area contributed by atoms with Gasteiger partial charge in [-0.1, -0.05) is 54.6 Å². The maximum absolute atomic E-state index is 12.6. The largest absolute Gasteiger partial charge is 0.445 e. The van der Waals surface area contributed by atoms with Crippen molar-refractivity contribution in [1.29, 1.82) is 0 Å². The molecule has 2 aromatic rings. The molecule has 2 amide bonds. The molecule has 130 valence electrons. The Morgan fingerprint density at radius 2 is 1.76 bits per heavy atom. The van der Waals surface area contributed by atoms with Crippen molar-refractivity contribution in [2.75, 3.05) is 6.54 Å². The average Bonchev–Trinajstić information content (AvgIpc) is 2.66. The second-order valence-electron chi connectivity index (χ2n) is 6.05. The van der Waals surface area contributed by atoms with Crippen molar-refractivity contribution >= 4 is 12.0 Å². The number of nitrogens with one attached hydrogen (secondary N) is 1. The molecule has 1 aliphatic rings. The molecule has 5 nitrogen and oxygen atoms in total. The van der Waals surface area contributed by atoms with Crippen molar-refractivity contribution in [3.63, 3.8) is 0 Å². The van der Waals surface area contributed by atoms with Crippen molar-refractivity contribution in [3.8, 4) is 0 Å². The van der Waals surface area contributed by atoms with Crippen LogP contribution in [0.3, 0.4) is 0 Å². The molecule has 0 radical (unpaired) electrons. The summed E-state index contributed by atoms with van der Waals surface area (Å²) in [5, 5.41) is 2.82. The summed E-state index contributed by atoms with van der Waals surface area (Å²) in [7, 11) is 0. The highest BCUT2D eigenvalue weighted by Crippen LogP contribution is 2.24. The number of likely N-dealkylation sites (N-methyl/N-ethyl adjacent to an activating group) is 1. The molecule has 1 heterocycles. The number of benzene rings is 2. The summed E-state index contributed by atoms with van der Waals surface area (Å²) in [6.45, 7) is 2.97. The van der Waals surface area contributed by atoms with Crippen LogP contribution >= 0.6 is 0 Å². The zero-order chi connectivity index (χ0) is 17.6. The number of fused-ring (bicyclic) bond motifs is 1. The molecule has 0 unspecified atom stereocenters. The van der Waals surface area contributed by atoms with Crippen molar-refractivity contribution in [2.24, 2.45) is 0 Å². The minimum atomic E-state index is -0.543. The molecule has 25 heavy (non-hydrogen) atoms. The zero-order valence-corrected chi connectivity index (χ0v) is 14.3. The van der Waals surface area contributed by atoms with Crippen LogP contribution in [0.4, 0.5) is 4.79 Å². The molecule has 0 aromatic heterocycles. The highest BCUT2D eigenvalue weighted by molar-refractivity contribution is 5.86. The third kappa shape index (κ3) is 3.99. The van der Waals surface area contributed by atoms with Gasteiger partial charge in [-0.05, 0) is 23.6 Å². The van der Waals surface area contributed by atoms with E-state index in [1.54, 1.807) is 0 Å². The number of hydrogen-bond donors (Lipinski definition) is 1. The number of nitrogens with zero attached hydrogens (tertiary/aromatic N) is 1. The summed E-state index contributed by atoms with van der Waals surface area (Å²) in [6.07, 6.45) is 0.0391. The van der Waals surface area contributed by atoms with Crippen LogP contribution in [0.5, 0.6) is 0 Å². The first-order valence-corrected chi connectivity index (χ1v) is 8.51. The van der Waals surface area contributed by atoms with E-state index < -0.39 is 12.1 Å². The minimum Gasteiger partial charge on any atom is -0.445 e. The SMILES string of the molecule is CCNC(=O)[C@H]1Cc2ccccc2CN1C(=O)OCc1ccccc1. The lowest BCUT2D eigenvalue weighted by atomic mass is 9.94. The third-order valence-electron chi connectivity index (χ3n) is 4.34. The number of amides is 2. The number of carbonyl (C=O) groups is 2. The van der Waals surface area contributed by atoms with E-state index in [-0.39, 0.29) is 12.5 Å². The lowest BCUT2D eigenvalue weighted by Crippen LogP contribution is -2.52. The molecule has 0 fully saturated rings. The zero-order valence-electron chi connectivity index (χ0n) is 14.3. The smallest absolute Gasteiger partial charge is 0.411 e. The Morgan fingerprint density at radius 3 is 2.48 bits per heavy atom. The van der Waals surface area contributed by atoms with Gasteiger partial charge < -0.3 is 10.1 Å². The number of hydrogen-bond acceptors (Lipinski definition) is 3. The van der Waals surface area contributed by atoms with Gasteiger partial charge in [0.2, 0.25) is 5.91 Å². The molecule has 3 rings (SSSR count). The minimum absolute atomic E-state index is 0.145. The van der Waals surface area contributed by atoms with Crippen LogP contribution in [0.15, 0.2) is 54.6 Å². The summed E-state index contributed by atoms with van der Waals surface area (Å²) in [6, 6.07) is 16.9. The molecule has 1 aliphatic heterocycles. The van der Waals surface area contributed by atoms with Gasteiger partial charge in [0.25, 0.3) is 0 Å². The van der Waals surface area contributed by atoms with Crippen LogP contribution in [-0.2, 0) is 29.1 Å². The lowest BCUT2D eigenvalue weighted by molar-refractivity contribution is -0.126. The molecule has 1 atom stereocenters. The van der Waals surface area contributed by atoms with Gasteiger partial charge in [-0.2, -0.15) is 0 Å². The van der Waals surface area contributed by atoms with E-state index in [2.05, 4.69) is 5.32 Å². The molecule has 2 aromatic carbocycles. The highest BCUT2D eigenvalue weighted by atomic mass is 16.6. The Hall–Kier alpha value is -2.82. The van der Waals surface area contributed by atoms with Gasteiger partial charge in [0.1, 0.15) is 12.6 Å².